The highest BCUT2D eigenvalue weighted by Gasteiger charge is 2.59. The van der Waals surface area contributed by atoms with Crippen LogP contribution in [0.25, 0.3) is 0 Å². The van der Waals surface area contributed by atoms with E-state index in [0.29, 0.717) is 0 Å². The van der Waals surface area contributed by atoms with E-state index in [4.69, 9.17) is 0 Å². The molecular formula is C21H31NO2. The molecule has 2 aliphatic carbocycles. The van der Waals surface area contributed by atoms with E-state index in [2.05, 4.69) is 42.2 Å². The van der Waals surface area contributed by atoms with Gasteiger partial charge in [-0.1, -0.05) is 56.0 Å². The van der Waals surface area contributed by atoms with Crippen LogP contribution in [-0.4, -0.2) is 38.4 Å². The molecule has 1 saturated heterocycles. The smallest absolute Gasteiger partial charge is 0.0803 e. The Bertz CT molecular complexity index is 532. The average Bonchev–Trinajstić information content (AvgIpc) is 3.17. The van der Waals surface area contributed by atoms with Crippen LogP contribution in [0.15, 0.2) is 30.3 Å². The first-order valence-corrected chi connectivity index (χ1v) is 9.81. The highest BCUT2D eigenvalue weighted by Crippen LogP contribution is 2.52. The Morgan fingerprint density at radius 1 is 0.875 bits per heavy atom. The quantitative estimate of drug-likeness (QED) is 0.883. The van der Waals surface area contributed by atoms with Crippen LogP contribution < -0.4 is 0 Å². The van der Waals surface area contributed by atoms with Crippen LogP contribution >= 0.6 is 0 Å². The first kappa shape index (κ1) is 16.6. The minimum atomic E-state index is -0.547. The molecule has 3 aliphatic rings. The van der Waals surface area contributed by atoms with Gasteiger partial charge in [-0.3, -0.25) is 4.90 Å². The maximum absolute atomic E-state index is 11.2. The predicted octanol–water partition coefficient (Wildman–Crippen LogP) is 3.80. The van der Waals surface area contributed by atoms with Gasteiger partial charge in [0, 0.05) is 18.1 Å². The SMILES string of the molecule is C[C@@H](c1ccccc1)N1[C@H](C2(O)CCCC2)C[C@H]1C1(O)CCCC1. The number of nitrogens with zero attached hydrogens (tertiary/aromatic N) is 1. The Labute approximate surface area is 145 Å². The third kappa shape index (κ3) is 2.61. The summed E-state index contributed by atoms with van der Waals surface area (Å²) in [5, 5.41) is 22.4. The second-order valence-electron chi connectivity index (χ2n) is 8.42. The van der Waals surface area contributed by atoms with Crippen molar-refractivity contribution in [3.8, 4) is 0 Å². The number of likely N-dealkylation sites (tertiary alicyclic amines) is 1. The fourth-order valence-corrected chi connectivity index (χ4v) is 5.61. The van der Waals surface area contributed by atoms with Crippen molar-refractivity contribution in [2.45, 2.75) is 94.0 Å². The zero-order valence-corrected chi connectivity index (χ0v) is 14.8. The van der Waals surface area contributed by atoms with E-state index in [1.54, 1.807) is 0 Å². The normalized spacial score (nSPS) is 33.3. The summed E-state index contributed by atoms with van der Waals surface area (Å²) in [6, 6.07) is 11.2. The van der Waals surface area contributed by atoms with Crippen LogP contribution in [0.1, 0.15) is 76.3 Å². The molecule has 1 aliphatic heterocycles. The molecule has 3 atom stereocenters. The standard InChI is InChI=1S/C21H31NO2/c1-16(17-9-3-2-4-10-17)22-18(20(23)11-5-6-12-20)15-19(22)21(24)13-7-8-14-21/h2-4,9-10,16,18-19,23-24H,5-8,11-15H2,1H3/t16-,18-,19-/m0/s1. The van der Waals surface area contributed by atoms with Crippen LogP contribution in [0.2, 0.25) is 0 Å². The van der Waals surface area contributed by atoms with Crippen molar-refractivity contribution in [1.29, 1.82) is 0 Å². The Morgan fingerprint density at radius 2 is 1.33 bits per heavy atom. The molecule has 0 aromatic heterocycles. The Hall–Kier alpha value is -0.900. The lowest BCUT2D eigenvalue weighted by Gasteiger charge is -2.60. The fraction of sp³-hybridized carbons (Fsp3) is 0.714. The number of hydrogen-bond acceptors (Lipinski definition) is 3. The van der Waals surface area contributed by atoms with Crippen LogP contribution in [-0.2, 0) is 0 Å². The average molecular weight is 329 g/mol. The zero-order chi connectivity index (χ0) is 16.8. The van der Waals surface area contributed by atoms with Crippen molar-refractivity contribution >= 4 is 0 Å². The number of aliphatic hydroxyl groups is 2. The van der Waals surface area contributed by atoms with Crippen molar-refractivity contribution < 1.29 is 10.2 Å². The largest absolute Gasteiger partial charge is 0.388 e. The second kappa shape index (κ2) is 6.12. The van der Waals surface area contributed by atoms with Crippen LogP contribution in [0, 0.1) is 0 Å². The van der Waals surface area contributed by atoms with Gasteiger partial charge in [0.1, 0.15) is 0 Å². The molecule has 3 nitrogen and oxygen atoms in total. The van der Waals surface area contributed by atoms with Crippen LogP contribution in [0.3, 0.4) is 0 Å². The third-order valence-corrected chi connectivity index (χ3v) is 7.07. The van der Waals surface area contributed by atoms with Crippen molar-refractivity contribution in [3.05, 3.63) is 35.9 Å². The summed E-state index contributed by atoms with van der Waals surface area (Å²) in [5.41, 5.74) is 0.193. The molecule has 0 radical (unpaired) electrons. The van der Waals surface area contributed by atoms with E-state index in [-0.39, 0.29) is 18.1 Å². The van der Waals surface area contributed by atoms with Gasteiger partial charge in [-0.05, 0) is 44.6 Å². The highest BCUT2D eigenvalue weighted by atomic mass is 16.3. The van der Waals surface area contributed by atoms with Gasteiger partial charge in [-0.25, -0.2) is 0 Å². The van der Waals surface area contributed by atoms with Crippen molar-refractivity contribution in [1.82, 2.24) is 4.90 Å². The van der Waals surface area contributed by atoms with Crippen LogP contribution in [0.4, 0.5) is 0 Å². The van der Waals surface area contributed by atoms with Crippen molar-refractivity contribution in [2.75, 3.05) is 0 Å². The second-order valence-corrected chi connectivity index (χ2v) is 8.42. The molecule has 3 heteroatoms. The molecule has 0 amide bonds. The molecule has 132 valence electrons. The molecule has 0 unspecified atom stereocenters. The summed E-state index contributed by atoms with van der Waals surface area (Å²) >= 11 is 0. The van der Waals surface area contributed by atoms with Crippen LogP contribution in [0.5, 0.6) is 0 Å². The Kier molecular flexibility index (Phi) is 4.22. The highest BCUT2D eigenvalue weighted by molar-refractivity contribution is 5.23. The number of hydrogen-bond donors (Lipinski definition) is 2. The molecule has 1 aromatic carbocycles. The lowest BCUT2D eigenvalue weighted by atomic mass is 9.71. The molecule has 1 heterocycles. The number of rotatable bonds is 4. The minimum absolute atomic E-state index is 0.199. The zero-order valence-electron chi connectivity index (χ0n) is 14.8. The summed E-state index contributed by atoms with van der Waals surface area (Å²) < 4.78 is 0. The Balaban J connectivity index is 1.62. The first-order chi connectivity index (χ1) is 11.5. The summed E-state index contributed by atoms with van der Waals surface area (Å²) in [6.07, 6.45) is 9.16. The molecule has 0 bridgehead atoms. The topological polar surface area (TPSA) is 43.7 Å². The molecule has 24 heavy (non-hydrogen) atoms. The van der Waals surface area contributed by atoms with E-state index in [1.165, 1.54) is 5.56 Å². The van der Waals surface area contributed by atoms with E-state index in [9.17, 15) is 10.2 Å². The van der Waals surface area contributed by atoms with Gasteiger partial charge in [0.05, 0.1) is 11.2 Å². The maximum Gasteiger partial charge on any atom is 0.0803 e. The fourth-order valence-electron chi connectivity index (χ4n) is 5.61. The lowest BCUT2D eigenvalue weighted by molar-refractivity contribution is -0.191. The molecule has 3 fully saturated rings. The lowest BCUT2D eigenvalue weighted by Crippen LogP contribution is -2.71. The van der Waals surface area contributed by atoms with Gasteiger partial charge in [0.25, 0.3) is 0 Å². The molecule has 4 rings (SSSR count). The number of benzene rings is 1. The molecule has 1 aromatic rings. The summed E-state index contributed by atoms with van der Waals surface area (Å²) in [5.74, 6) is 0. The monoisotopic (exact) mass is 329 g/mol. The van der Waals surface area contributed by atoms with Crippen molar-refractivity contribution in [2.24, 2.45) is 0 Å². The van der Waals surface area contributed by atoms with Gasteiger partial charge >= 0.3 is 0 Å². The Morgan fingerprint density at radius 3 is 1.79 bits per heavy atom. The molecule has 0 spiro atoms. The maximum atomic E-state index is 11.2. The van der Waals surface area contributed by atoms with Gasteiger partial charge in [0.15, 0.2) is 0 Å². The van der Waals surface area contributed by atoms with E-state index < -0.39 is 11.2 Å². The third-order valence-electron chi connectivity index (χ3n) is 7.07. The van der Waals surface area contributed by atoms with Gasteiger partial charge in [0.2, 0.25) is 0 Å². The molecule has 2 saturated carbocycles. The molecular weight excluding hydrogens is 298 g/mol. The van der Waals surface area contributed by atoms with E-state index >= 15 is 0 Å². The van der Waals surface area contributed by atoms with Gasteiger partial charge in [-0.2, -0.15) is 0 Å². The summed E-state index contributed by atoms with van der Waals surface area (Å²) in [7, 11) is 0. The van der Waals surface area contributed by atoms with E-state index in [1.807, 2.05) is 0 Å². The minimum Gasteiger partial charge on any atom is -0.388 e. The van der Waals surface area contributed by atoms with Gasteiger partial charge in [-0.15, -0.1) is 0 Å². The molecule has 2 N–H and O–H groups in total. The first-order valence-electron chi connectivity index (χ1n) is 9.81. The van der Waals surface area contributed by atoms with E-state index in [0.717, 1.165) is 57.8 Å². The summed E-state index contributed by atoms with van der Waals surface area (Å²) in [6.45, 7) is 2.24. The predicted molar refractivity (Wildman–Crippen MR) is 95.7 cm³/mol. The van der Waals surface area contributed by atoms with Gasteiger partial charge < -0.3 is 10.2 Å². The summed E-state index contributed by atoms with van der Waals surface area (Å²) in [4.78, 5) is 2.46. The van der Waals surface area contributed by atoms with Crippen molar-refractivity contribution in [3.63, 3.8) is 0 Å².